The Balaban J connectivity index is 3.73. The fourth-order valence-electron chi connectivity index (χ4n) is 0.561. The number of quaternary nitrogens is 1. The quantitative estimate of drug-likeness (QED) is 0.507. The number of aliphatic hydroxyl groups is 1. The van der Waals surface area contributed by atoms with Gasteiger partial charge in [-0.25, -0.2) is 0 Å². The monoisotopic (exact) mass is 132 g/mol. The zero-order chi connectivity index (χ0) is 7.44. The molecular formula is C6H14NO2+. The van der Waals surface area contributed by atoms with Gasteiger partial charge in [-0.2, -0.15) is 0 Å². The largest absolute Gasteiger partial charge is 0.390 e. The van der Waals surface area contributed by atoms with Gasteiger partial charge in [-0.3, -0.25) is 4.79 Å². The summed E-state index contributed by atoms with van der Waals surface area (Å²) in [6, 6.07) is -0.440. The van der Waals surface area contributed by atoms with E-state index >= 15 is 0 Å². The van der Waals surface area contributed by atoms with E-state index in [1.54, 1.807) is 13.8 Å². The van der Waals surface area contributed by atoms with Crippen molar-refractivity contribution in [1.29, 1.82) is 0 Å². The molecule has 0 aliphatic carbocycles. The Morgan fingerprint density at radius 1 is 1.67 bits per heavy atom. The minimum absolute atomic E-state index is 0.0142. The Morgan fingerprint density at radius 3 is 2.22 bits per heavy atom. The summed E-state index contributed by atoms with van der Waals surface area (Å²) in [5, 5.41) is 8.47. The van der Waals surface area contributed by atoms with Gasteiger partial charge in [0.05, 0.1) is 0 Å². The maximum Gasteiger partial charge on any atom is 0.194 e. The van der Waals surface area contributed by atoms with E-state index in [9.17, 15) is 4.79 Å². The summed E-state index contributed by atoms with van der Waals surface area (Å²) in [6.07, 6.45) is 0. The van der Waals surface area contributed by atoms with Crippen molar-refractivity contribution in [3.8, 4) is 0 Å². The maximum absolute atomic E-state index is 10.9. The Bertz CT molecular complexity index is 101. The van der Waals surface area contributed by atoms with Gasteiger partial charge in [0.15, 0.2) is 11.8 Å². The van der Waals surface area contributed by atoms with E-state index in [-0.39, 0.29) is 18.3 Å². The summed E-state index contributed by atoms with van der Waals surface area (Å²) < 4.78 is 0. The minimum Gasteiger partial charge on any atom is -0.390 e. The summed E-state index contributed by atoms with van der Waals surface area (Å²) >= 11 is 0. The zero-order valence-corrected chi connectivity index (χ0v) is 5.92. The van der Waals surface area contributed by atoms with Gasteiger partial charge < -0.3 is 10.8 Å². The predicted molar refractivity (Wildman–Crippen MR) is 33.6 cm³/mol. The molecule has 0 aliphatic heterocycles. The minimum atomic E-state index is -0.440. The normalized spacial score (nSPS) is 13.9. The Kier molecular flexibility index (Phi) is 3.42. The van der Waals surface area contributed by atoms with Crippen molar-refractivity contribution in [2.45, 2.75) is 19.9 Å². The maximum atomic E-state index is 10.9. The van der Waals surface area contributed by atoms with Gasteiger partial charge in [0.25, 0.3) is 0 Å². The Labute approximate surface area is 54.9 Å². The molecule has 0 aromatic carbocycles. The van der Waals surface area contributed by atoms with Gasteiger partial charge in [0.2, 0.25) is 0 Å². The van der Waals surface area contributed by atoms with Crippen LogP contribution in [0.3, 0.4) is 0 Å². The molecule has 0 amide bonds. The molecule has 0 bridgehead atoms. The zero-order valence-electron chi connectivity index (χ0n) is 5.92. The number of hydrogen-bond donors (Lipinski definition) is 2. The lowest BCUT2D eigenvalue weighted by Crippen LogP contribution is -2.67. The molecule has 0 spiro atoms. The van der Waals surface area contributed by atoms with Crippen LogP contribution in [0.25, 0.3) is 0 Å². The molecular weight excluding hydrogens is 118 g/mol. The highest BCUT2D eigenvalue weighted by atomic mass is 16.3. The Hall–Kier alpha value is -0.410. The van der Waals surface area contributed by atoms with Gasteiger partial charge in [0, 0.05) is 5.92 Å². The van der Waals surface area contributed by atoms with Crippen LogP contribution >= 0.6 is 0 Å². The molecule has 0 rings (SSSR count). The summed E-state index contributed by atoms with van der Waals surface area (Å²) in [7, 11) is 0. The molecule has 0 aromatic heterocycles. The van der Waals surface area contributed by atoms with E-state index in [4.69, 9.17) is 5.11 Å². The lowest BCUT2D eigenvalue weighted by Gasteiger charge is -2.05. The lowest BCUT2D eigenvalue weighted by atomic mass is 10.0. The smallest absolute Gasteiger partial charge is 0.194 e. The molecule has 0 radical (unpaired) electrons. The molecule has 3 nitrogen and oxygen atoms in total. The number of hydrogen-bond acceptors (Lipinski definition) is 2. The van der Waals surface area contributed by atoms with Crippen LogP contribution in [0.2, 0.25) is 0 Å². The summed E-state index contributed by atoms with van der Waals surface area (Å²) in [5.41, 5.74) is 3.48. The predicted octanol–water partition coefficient (Wildman–Crippen LogP) is -1.19. The number of ketones is 1. The topological polar surface area (TPSA) is 64.9 Å². The van der Waals surface area contributed by atoms with E-state index in [0.29, 0.717) is 0 Å². The lowest BCUT2D eigenvalue weighted by molar-refractivity contribution is -0.409. The second-order valence-corrected chi connectivity index (χ2v) is 2.44. The van der Waals surface area contributed by atoms with Crippen LogP contribution in [0.1, 0.15) is 13.8 Å². The SMILES string of the molecule is CC(C)C(=O)C([NH3+])CO. The molecule has 0 aliphatic rings. The summed E-state index contributed by atoms with van der Waals surface area (Å²) in [6.45, 7) is 3.46. The molecule has 0 saturated carbocycles. The number of rotatable bonds is 3. The van der Waals surface area contributed by atoms with Gasteiger partial charge in [-0.15, -0.1) is 0 Å². The van der Waals surface area contributed by atoms with Crippen LogP contribution in [0, 0.1) is 5.92 Å². The van der Waals surface area contributed by atoms with Crippen LogP contribution in [0.5, 0.6) is 0 Å². The van der Waals surface area contributed by atoms with E-state index in [1.807, 2.05) is 0 Å². The van der Waals surface area contributed by atoms with Gasteiger partial charge in [-0.05, 0) is 0 Å². The molecule has 1 unspecified atom stereocenters. The molecule has 3 heteroatoms. The standard InChI is InChI=1S/C6H13NO2/c1-4(2)6(9)5(7)3-8/h4-5,8H,3,7H2,1-2H3/p+1. The van der Waals surface area contributed by atoms with Crippen molar-refractivity contribution in [3.63, 3.8) is 0 Å². The van der Waals surface area contributed by atoms with Crippen LogP contribution in [-0.4, -0.2) is 23.5 Å². The number of carbonyl (C=O) groups excluding carboxylic acids is 1. The first-order chi connectivity index (χ1) is 4.09. The Morgan fingerprint density at radius 2 is 2.11 bits per heavy atom. The second-order valence-electron chi connectivity index (χ2n) is 2.44. The number of Topliss-reactive ketones (excluding diaryl/α,β-unsaturated/α-hetero) is 1. The fraction of sp³-hybridized carbons (Fsp3) is 0.833. The van der Waals surface area contributed by atoms with Crippen molar-refractivity contribution in [2.75, 3.05) is 6.61 Å². The van der Waals surface area contributed by atoms with E-state index in [0.717, 1.165) is 0 Å². The number of carbonyl (C=O) groups is 1. The third-order valence-electron chi connectivity index (χ3n) is 1.19. The van der Waals surface area contributed by atoms with E-state index in [1.165, 1.54) is 0 Å². The average molecular weight is 132 g/mol. The highest BCUT2D eigenvalue weighted by molar-refractivity contribution is 5.84. The van der Waals surface area contributed by atoms with Gasteiger partial charge >= 0.3 is 0 Å². The third kappa shape index (κ3) is 2.58. The van der Waals surface area contributed by atoms with Crippen molar-refractivity contribution in [1.82, 2.24) is 0 Å². The van der Waals surface area contributed by atoms with Crippen LogP contribution in [-0.2, 0) is 4.79 Å². The molecule has 54 valence electrons. The summed E-state index contributed by atoms with van der Waals surface area (Å²) in [4.78, 5) is 10.9. The average Bonchev–Trinajstić information content (AvgIpc) is 1.84. The van der Waals surface area contributed by atoms with Crippen LogP contribution < -0.4 is 5.73 Å². The molecule has 0 fully saturated rings. The van der Waals surface area contributed by atoms with Crippen molar-refractivity contribution >= 4 is 5.78 Å². The molecule has 9 heavy (non-hydrogen) atoms. The first kappa shape index (κ1) is 8.59. The van der Waals surface area contributed by atoms with Gasteiger partial charge in [-0.1, -0.05) is 13.8 Å². The number of aliphatic hydroxyl groups excluding tert-OH is 1. The van der Waals surface area contributed by atoms with Crippen molar-refractivity contribution in [3.05, 3.63) is 0 Å². The molecule has 0 saturated heterocycles. The molecule has 1 atom stereocenters. The van der Waals surface area contributed by atoms with Crippen LogP contribution in [0.4, 0.5) is 0 Å². The van der Waals surface area contributed by atoms with Crippen molar-refractivity contribution in [2.24, 2.45) is 5.92 Å². The van der Waals surface area contributed by atoms with Crippen LogP contribution in [0.15, 0.2) is 0 Å². The molecule has 0 aromatic rings. The third-order valence-corrected chi connectivity index (χ3v) is 1.19. The first-order valence-corrected chi connectivity index (χ1v) is 3.07. The van der Waals surface area contributed by atoms with E-state index < -0.39 is 6.04 Å². The van der Waals surface area contributed by atoms with Crippen molar-refractivity contribution < 1.29 is 15.6 Å². The van der Waals surface area contributed by atoms with E-state index in [2.05, 4.69) is 5.73 Å². The first-order valence-electron chi connectivity index (χ1n) is 3.07. The second kappa shape index (κ2) is 3.58. The molecule has 0 heterocycles. The fourth-order valence-corrected chi connectivity index (χ4v) is 0.561. The van der Waals surface area contributed by atoms with Gasteiger partial charge in [0.1, 0.15) is 6.61 Å². The highest BCUT2D eigenvalue weighted by Crippen LogP contribution is 1.94. The molecule has 4 N–H and O–H groups in total. The highest BCUT2D eigenvalue weighted by Gasteiger charge is 2.18. The summed E-state index contributed by atoms with van der Waals surface area (Å²) in [5.74, 6) is 0.0113.